The minimum absolute atomic E-state index is 0.0547. The molecule has 94 valence electrons. The number of nitrogens with one attached hydrogen (secondary N) is 1. The Morgan fingerprint density at radius 3 is 2.65 bits per heavy atom. The average molecular weight is 258 g/mol. The minimum Gasteiger partial charge on any atom is -0.326 e. The van der Waals surface area contributed by atoms with Crippen LogP contribution in [0.2, 0.25) is 0 Å². The first-order valence-corrected chi connectivity index (χ1v) is 7.02. The second kappa shape index (κ2) is 4.72. The van der Waals surface area contributed by atoms with Crippen LogP contribution in [-0.2, 0) is 16.6 Å². The van der Waals surface area contributed by atoms with Crippen molar-refractivity contribution in [2.45, 2.75) is 36.7 Å². The molecule has 0 atom stereocenters. The fraction of sp³-hybridized carbons (Fsp3) is 0.455. The van der Waals surface area contributed by atoms with E-state index in [-0.39, 0.29) is 17.5 Å². The fourth-order valence-electron chi connectivity index (χ4n) is 1.69. The Labute approximate surface area is 100 Å². The van der Waals surface area contributed by atoms with Crippen molar-refractivity contribution in [2.24, 2.45) is 5.73 Å². The second-order valence-electron chi connectivity index (χ2n) is 4.22. The van der Waals surface area contributed by atoms with Gasteiger partial charge in [0.1, 0.15) is 10.7 Å². The summed E-state index contributed by atoms with van der Waals surface area (Å²) < 4.78 is 39.9. The summed E-state index contributed by atoms with van der Waals surface area (Å²) in [5, 5.41) is 0. The van der Waals surface area contributed by atoms with E-state index in [0.717, 1.165) is 25.3 Å². The van der Waals surface area contributed by atoms with Gasteiger partial charge in [-0.25, -0.2) is 17.5 Å². The van der Waals surface area contributed by atoms with Gasteiger partial charge < -0.3 is 5.73 Å². The number of rotatable bonds is 4. The van der Waals surface area contributed by atoms with Crippen LogP contribution in [0.1, 0.15) is 24.8 Å². The van der Waals surface area contributed by atoms with Gasteiger partial charge in [-0.05, 0) is 30.5 Å². The first kappa shape index (κ1) is 12.5. The molecule has 1 aromatic carbocycles. The molecule has 4 nitrogen and oxygen atoms in total. The van der Waals surface area contributed by atoms with Gasteiger partial charge in [-0.2, -0.15) is 0 Å². The standard InChI is InChI=1S/C11H15FN2O2S/c12-10-5-4-8(7-13)6-11(10)17(15,16)14-9-2-1-3-9/h4-6,9,14H,1-3,7,13H2. The third-order valence-electron chi connectivity index (χ3n) is 2.95. The van der Waals surface area contributed by atoms with Gasteiger partial charge in [0.15, 0.2) is 0 Å². The van der Waals surface area contributed by atoms with Crippen LogP contribution < -0.4 is 10.5 Å². The highest BCUT2D eigenvalue weighted by molar-refractivity contribution is 7.89. The van der Waals surface area contributed by atoms with Crippen molar-refractivity contribution in [3.63, 3.8) is 0 Å². The molecule has 6 heteroatoms. The molecule has 1 saturated carbocycles. The van der Waals surface area contributed by atoms with Gasteiger partial charge >= 0.3 is 0 Å². The molecule has 0 saturated heterocycles. The Balaban J connectivity index is 2.30. The second-order valence-corrected chi connectivity index (χ2v) is 5.90. The number of hydrogen-bond acceptors (Lipinski definition) is 3. The molecule has 1 aromatic rings. The van der Waals surface area contributed by atoms with Crippen LogP contribution in [0.4, 0.5) is 4.39 Å². The Morgan fingerprint density at radius 2 is 2.12 bits per heavy atom. The molecule has 1 aliphatic carbocycles. The molecule has 0 unspecified atom stereocenters. The summed E-state index contributed by atoms with van der Waals surface area (Å²) >= 11 is 0. The largest absolute Gasteiger partial charge is 0.326 e. The zero-order valence-corrected chi connectivity index (χ0v) is 10.1. The molecule has 0 radical (unpaired) electrons. The van der Waals surface area contributed by atoms with Crippen molar-refractivity contribution in [3.8, 4) is 0 Å². The van der Waals surface area contributed by atoms with Crippen LogP contribution in [0.5, 0.6) is 0 Å². The molecular weight excluding hydrogens is 243 g/mol. The number of hydrogen-bond donors (Lipinski definition) is 2. The summed E-state index contributed by atoms with van der Waals surface area (Å²) in [7, 11) is -3.76. The summed E-state index contributed by atoms with van der Waals surface area (Å²) in [6.45, 7) is 0.187. The van der Waals surface area contributed by atoms with Gasteiger partial charge in [-0.3, -0.25) is 0 Å². The highest BCUT2D eigenvalue weighted by Crippen LogP contribution is 2.22. The van der Waals surface area contributed by atoms with E-state index in [0.29, 0.717) is 5.56 Å². The van der Waals surface area contributed by atoms with Crippen molar-refractivity contribution in [1.29, 1.82) is 0 Å². The van der Waals surface area contributed by atoms with Crippen molar-refractivity contribution in [1.82, 2.24) is 4.72 Å². The van der Waals surface area contributed by atoms with Gasteiger partial charge in [-0.1, -0.05) is 12.5 Å². The lowest BCUT2D eigenvalue weighted by Crippen LogP contribution is -2.39. The predicted molar refractivity (Wildman–Crippen MR) is 62.3 cm³/mol. The minimum atomic E-state index is -3.76. The zero-order valence-electron chi connectivity index (χ0n) is 9.32. The van der Waals surface area contributed by atoms with E-state index in [2.05, 4.69) is 4.72 Å². The third kappa shape index (κ3) is 2.65. The monoisotopic (exact) mass is 258 g/mol. The Bertz CT molecular complexity index is 512. The first-order valence-electron chi connectivity index (χ1n) is 5.54. The van der Waals surface area contributed by atoms with Crippen molar-refractivity contribution < 1.29 is 12.8 Å². The molecule has 0 amide bonds. The van der Waals surface area contributed by atoms with Gasteiger partial charge in [-0.15, -0.1) is 0 Å². The van der Waals surface area contributed by atoms with Gasteiger partial charge in [0.05, 0.1) is 0 Å². The van der Waals surface area contributed by atoms with E-state index in [1.807, 2.05) is 0 Å². The van der Waals surface area contributed by atoms with Crippen LogP contribution in [-0.4, -0.2) is 14.5 Å². The molecule has 17 heavy (non-hydrogen) atoms. The van der Waals surface area contributed by atoms with Crippen LogP contribution in [0.15, 0.2) is 23.1 Å². The van der Waals surface area contributed by atoms with Gasteiger partial charge in [0.2, 0.25) is 10.0 Å². The molecule has 0 aliphatic heterocycles. The SMILES string of the molecule is NCc1ccc(F)c(S(=O)(=O)NC2CCC2)c1. The topological polar surface area (TPSA) is 72.2 Å². The van der Waals surface area contributed by atoms with Crippen molar-refractivity contribution in [2.75, 3.05) is 0 Å². The molecule has 0 bridgehead atoms. The molecule has 1 fully saturated rings. The lowest BCUT2D eigenvalue weighted by molar-refractivity contribution is 0.382. The predicted octanol–water partition coefficient (Wildman–Crippen LogP) is 1.12. The maximum absolute atomic E-state index is 13.5. The van der Waals surface area contributed by atoms with Crippen LogP contribution in [0.25, 0.3) is 0 Å². The maximum atomic E-state index is 13.5. The highest BCUT2D eigenvalue weighted by atomic mass is 32.2. The Morgan fingerprint density at radius 1 is 1.41 bits per heavy atom. The van der Waals surface area contributed by atoms with E-state index >= 15 is 0 Å². The number of halogens is 1. The molecule has 2 rings (SSSR count). The molecular formula is C11H15FN2O2S. The summed E-state index contributed by atoms with van der Waals surface area (Å²) in [6, 6.07) is 3.85. The first-order chi connectivity index (χ1) is 8.03. The highest BCUT2D eigenvalue weighted by Gasteiger charge is 2.26. The smallest absolute Gasteiger partial charge is 0.243 e. The number of nitrogens with two attached hydrogens (primary N) is 1. The summed E-state index contributed by atoms with van der Waals surface area (Å²) in [4.78, 5) is -0.313. The molecule has 0 heterocycles. The summed E-state index contributed by atoms with van der Waals surface area (Å²) in [5.74, 6) is -0.742. The molecule has 0 aromatic heterocycles. The number of benzene rings is 1. The van der Waals surface area contributed by atoms with E-state index in [1.165, 1.54) is 12.1 Å². The lowest BCUT2D eigenvalue weighted by Gasteiger charge is -2.26. The Hall–Kier alpha value is -0.980. The van der Waals surface area contributed by atoms with E-state index < -0.39 is 15.8 Å². The fourth-order valence-corrected chi connectivity index (χ4v) is 3.12. The van der Waals surface area contributed by atoms with E-state index in [1.54, 1.807) is 0 Å². The van der Waals surface area contributed by atoms with Crippen molar-refractivity contribution in [3.05, 3.63) is 29.6 Å². The Kier molecular flexibility index (Phi) is 3.46. The molecule has 0 spiro atoms. The summed E-state index contributed by atoms with van der Waals surface area (Å²) in [6.07, 6.45) is 2.65. The maximum Gasteiger partial charge on any atom is 0.243 e. The molecule has 1 aliphatic rings. The van der Waals surface area contributed by atoms with Crippen LogP contribution in [0.3, 0.4) is 0 Å². The lowest BCUT2D eigenvalue weighted by atomic mass is 9.94. The number of sulfonamides is 1. The normalized spacial score (nSPS) is 16.8. The quantitative estimate of drug-likeness (QED) is 0.850. The summed E-state index contributed by atoms with van der Waals surface area (Å²) in [5.41, 5.74) is 6.01. The third-order valence-corrected chi connectivity index (χ3v) is 4.48. The molecule has 3 N–H and O–H groups in total. The van der Waals surface area contributed by atoms with E-state index in [9.17, 15) is 12.8 Å². The van der Waals surface area contributed by atoms with Crippen molar-refractivity contribution >= 4 is 10.0 Å². The van der Waals surface area contributed by atoms with Gasteiger partial charge in [0, 0.05) is 12.6 Å². The van der Waals surface area contributed by atoms with Crippen LogP contribution >= 0.6 is 0 Å². The van der Waals surface area contributed by atoms with Gasteiger partial charge in [0.25, 0.3) is 0 Å². The van der Waals surface area contributed by atoms with E-state index in [4.69, 9.17) is 5.73 Å². The zero-order chi connectivity index (χ0) is 12.5. The van der Waals surface area contributed by atoms with Crippen LogP contribution in [0, 0.1) is 5.82 Å². The average Bonchev–Trinajstić information content (AvgIpc) is 2.24.